The first-order valence-corrected chi connectivity index (χ1v) is 10.1. The maximum Gasteiger partial charge on any atom is 0.269 e. The molecule has 1 saturated heterocycles. The summed E-state index contributed by atoms with van der Waals surface area (Å²) in [6.45, 7) is 3.97. The Morgan fingerprint density at radius 1 is 1.03 bits per heavy atom. The SMILES string of the molecule is COc1ccc(CN2CCN(C(=O)CCNC(=O)c3ccc([N+](=O)[O-])cc3)CC2)cc1. The highest BCUT2D eigenvalue weighted by Gasteiger charge is 2.21. The normalized spacial score (nSPS) is 14.2. The van der Waals surface area contributed by atoms with Crippen molar-refractivity contribution < 1.29 is 19.2 Å². The standard InChI is InChI=1S/C22H26N4O5/c1-31-20-8-2-17(3-9-20)16-24-12-14-25(15-13-24)21(27)10-11-23-22(28)18-4-6-19(7-5-18)26(29)30/h2-9H,10-16H2,1H3,(H,23,28). The fraction of sp³-hybridized carbons (Fsp3) is 0.364. The van der Waals surface area contributed by atoms with Crippen molar-refractivity contribution in [2.45, 2.75) is 13.0 Å². The zero-order chi connectivity index (χ0) is 22.2. The van der Waals surface area contributed by atoms with E-state index in [0.29, 0.717) is 18.7 Å². The molecular weight excluding hydrogens is 400 g/mol. The Bertz CT molecular complexity index is 907. The fourth-order valence-corrected chi connectivity index (χ4v) is 3.42. The summed E-state index contributed by atoms with van der Waals surface area (Å²) in [5, 5.41) is 13.4. The minimum atomic E-state index is -0.517. The number of nitrogens with one attached hydrogen (secondary N) is 1. The summed E-state index contributed by atoms with van der Waals surface area (Å²) in [5.41, 5.74) is 1.46. The molecule has 9 nitrogen and oxygen atoms in total. The second-order valence-electron chi connectivity index (χ2n) is 7.31. The molecule has 164 valence electrons. The van der Waals surface area contributed by atoms with Gasteiger partial charge in [-0.25, -0.2) is 0 Å². The summed E-state index contributed by atoms with van der Waals surface area (Å²) in [4.78, 5) is 38.8. The van der Waals surface area contributed by atoms with Gasteiger partial charge < -0.3 is 15.0 Å². The van der Waals surface area contributed by atoms with Crippen LogP contribution >= 0.6 is 0 Å². The third kappa shape index (κ3) is 6.26. The predicted molar refractivity (Wildman–Crippen MR) is 115 cm³/mol. The Balaban J connectivity index is 1.37. The molecule has 0 atom stereocenters. The molecule has 0 radical (unpaired) electrons. The van der Waals surface area contributed by atoms with E-state index in [4.69, 9.17) is 4.74 Å². The highest BCUT2D eigenvalue weighted by molar-refractivity contribution is 5.94. The van der Waals surface area contributed by atoms with E-state index in [-0.39, 0.29) is 30.5 Å². The van der Waals surface area contributed by atoms with Crippen LogP contribution in [0.5, 0.6) is 5.75 Å². The first kappa shape index (κ1) is 22.2. The van der Waals surface area contributed by atoms with Crippen LogP contribution in [0.4, 0.5) is 5.69 Å². The van der Waals surface area contributed by atoms with Gasteiger partial charge in [0.1, 0.15) is 5.75 Å². The van der Waals surface area contributed by atoms with Gasteiger partial charge >= 0.3 is 0 Å². The fourth-order valence-electron chi connectivity index (χ4n) is 3.42. The summed E-state index contributed by atoms with van der Waals surface area (Å²) in [7, 11) is 1.65. The largest absolute Gasteiger partial charge is 0.497 e. The van der Waals surface area contributed by atoms with Crippen molar-refractivity contribution in [3.63, 3.8) is 0 Å². The smallest absolute Gasteiger partial charge is 0.269 e. The third-order valence-corrected chi connectivity index (χ3v) is 5.25. The summed E-state index contributed by atoms with van der Waals surface area (Å²) in [5.74, 6) is 0.486. The Kier molecular flexibility index (Phi) is 7.55. The van der Waals surface area contributed by atoms with Crippen molar-refractivity contribution in [1.82, 2.24) is 15.1 Å². The molecule has 1 aliphatic heterocycles. The second-order valence-corrected chi connectivity index (χ2v) is 7.31. The van der Waals surface area contributed by atoms with Crippen molar-refractivity contribution in [3.8, 4) is 5.75 Å². The van der Waals surface area contributed by atoms with Gasteiger partial charge in [0.05, 0.1) is 12.0 Å². The third-order valence-electron chi connectivity index (χ3n) is 5.25. The maximum atomic E-state index is 12.4. The van der Waals surface area contributed by atoms with Crippen molar-refractivity contribution in [3.05, 3.63) is 69.8 Å². The van der Waals surface area contributed by atoms with E-state index in [2.05, 4.69) is 10.2 Å². The molecule has 0 saturated carbocycles. The average Bonchev–Trinajstić information content (AvgIpc) is 2.80. The molecule has 2 aromatic rings. The Hall–Kier alpha value is -3.46. The topological polar surface area (TPSA) is 105 Å². The van der Waals surface area contributed by atoms with E-state index < -0.39 is 4.92 Å². The van der Waals surface area contributed by atoms with Crippen molar-refractivity contribution in [1.29, 1.82) is 0 Å². The molecule has 0 spiro atoms. The van der Waals surface area contributed by atoms with Gasteiger partial charge in [0.15, 0.2) is 0 Å². The number of ether oxygens (including phenoxy) is 1. The summed E-state index contributed by atoms with van der Waals surface area (Å²) in [6.07, 6.45) is 0.219. The van der Waals surface area contributed by atoms with Crippen molar-refractivity contribution in [2.24, 2.45) is 0 Å². The van der Waals surface area contributed by atoms with Crippen LogP contribution in [0.15, 0.2) is 48.5 Å². The van der Waals surface area contributed by atoms with Crippen LogP contribution < -0.4 is 10.1 Å². The Morgan fingerprint density at radius 3 is 2.26 bits per heavy atom. The Morgan fingerprint density at radius 2 is 1.68 bits per heavy atom. The molecule has 0 bridgehead atoms. The molecule has 1 aliphatic rings. The summed E-state index contributed by atoms with van der Waals surface area (Å²) >= 11 is 0. The van der Waals surface area contributed by atoms with E-state index in [0.717, 1.165) is 25.4 Å². The quantitative estimate of drug-likeness (QED) is 0.512. The van der Waals surface area contributed by atoms with Crippen LogP contribution in [-0.4, -0.2) is 66.4 Å². The van der Waals surface area contributed by atoms with Crippen LogP contribution in [0.1, 0.15) is 22.3 Å². The number of benzene rings is 2. The van der Waals surface area contributed by atoms with Gasteiger partial charge in [-0.2, -0.15) is 0 Å². The molecule has 2 aromatic carbocycles. The summed E-state index contributed by atoms with van der Waals surface area (Å²) < 4.78 is 5.18. The van der Waals surface area contributed by atoms with Crippen LogP contribution in [0.2, 0.25) is 0 Å². The molecule has 0 unspecified atom stereocenters. The van der Waals surface area contributed by atoms with Crippen LogP contribution in [0.25, 0.3) is 0 Å². The summed E-state index contributed by atoms with van der Waals surface area (Å²) in [6, 6.07) is 13.3. The molecule has 2 amide bonds. The van der Waals surface area contributed by atoms with Gasteiger partial charge in [-0.05, 0) is 29.8 Å². The first-order chi connectivity index (χ1) is 15.0. The lowest BCUT2D eigenvalue weighted by Crippen LogP contribution is -2.48. The van der Waals surface area contributed by atoms with Crippen molar-refractivity contribution >= 4 is 17.5 Å². The lowest BCUT2D eigenvalue weighted by atomic mass is 10.2. The number of nitrogens with zero attached hydrogens (tertiary/aromatic N) is 3. The highest BCUT2D eigenvalue weighted by atomic mass is 16.6. The minimum Gasteiger partial charge on any atom is -0.497 e. The number of amides is 2. The zero-order valence-corrected chi connectivity index (χ0v) is 17.5. The van der Waals surface area contributed by atoms with Gasteiger partial charge in [-0.15, -0.1) is 0 Å². The van der Waals surface area contributed by atoms with Gasteiger partial charge in [0.25, 0.3) is 11.6 Å². The first-order valence-electron chi connectivity index (χ1n) is 10.1. The predicted octanol–water partition coefficient (Wildman–Crippen LogP) is 2.07. The van der Waals surface area contributed by atoms with Gasteiger partial charge in [0, 0.05) is 63.4 Å². The zero-order valence-electron chi connectivity index (χ0n) is 17.5. The van der Waals surface area contributed by atoms with Crippen LogP contribution in [0, 0.1) is 10.1 Å². The molecule has 1 heterocycles. The molecule has 0 aromatic heterocycles. The lowest BCUT2D eigenvalue weighted by Gasteiger charge is -2.34. The van der Waals surface area contributed by atoms with Crippen LogP contribution in [-0.2, 0) is 11.3 Å². The second kappa shape index (κ2) is 10.5. The number of carbonyl (C=O) groups excluding carboxylic acids is 2. The molecule has 0 aliphatic carbocycles. The van der Waals surface area contributed by atoms with Gasteiger partial charge in [-0.3, -0.25) is 24.6 Å². The number of nitro groups is 1. The van der Waals surface area contributed by atoms with Crippen molar-refractivity contribution in [2.75, 3.05) is 39.8 Å². The van der Waals surface area contributed by atoms with E-state index in [1.807, 2.05) is 29.2 Å². The number of rotatable bonds is 8. The number of piperazine rings is 1. The molecule has 1 N–H and O–H groups in total. The Labute approximate surface area is 180 Å². The average molecular weight is 426 g/mol. The van der Waals surface area contributed by atoms with Gasteiger partial charge in [-0.1, -0.05) is 12.1 Å². The maximum absolute atomic E-state index is 12.4. The number of hydrogen-bond acceptors (Lipinski definition) is 6. The van der Waals surface area contributed by atoms with E-state index >= 15 is 0 Å². The monoisotopic (exact) mass is 426 g/mol. The number of non-ortho nitro benzene ring substituents is 1. The molecule has 9 heteroatoms. The van der Waals surface area contributed by atoms with E-state index in [9.17, 15) is 19.7 Å². The molecular formula is C22H26N4O5. The molecule has 3 rings (SSSR count). The minimum absolute atomic E-state index is 0.00750. The number of methoxy groups -OCH3 is 1. The van der Waals surface area contributed by atoms with E-state index in [1.165, 1.54) is 29.8 Å². The number of hydrogen-bond donors (Lipinski definition) is 1. The molecule has 31 heavy (non-hydrogen) atoms. The molecule has 1 fully saturated rings. The highest BCUT2D eigenvalue weighted by Crippen LogP contribution is 2.15. The number of carbonyl (C=O) groups is 2. The van der Waals surface area contributed by atoms with Gasteiger partial charge in [0.2, 0.25) is 5.91 Å². The van der Waals surface area contributed by atoms with E-state index in [1.54, 1.807) is 7.11 Å². The van der Waals surface area contributed by atoms with Crippen LogP contribution in [0.3, 0.4) is 0 Å². The lowest BCUT2D eigenvalue weighted by molar-refractivity contribution is -0.384. The number of nitro benzene ring substituents is 1.